The molecule has 0 unspecified atom stereocenters. The highest BCUT2D eigenvalue weighted by Crippen LogP contribution is 2.27. The normalized spacial score (nSPS) is 10.1. The van der Waals surface area contributed by atoms with Gasteiger partial charge in [-0.1, -0.05) is 15.9 Å². The Morgan fingerprint density at radius 1 is 1.13 bits per heavy atom. The second kappa shape index (κ2) is 5.90. The first-order valence-corrected chi connectivity index (χ1v) is 5.62. The van der Waals surface area contributed by atoms with E-state index in [2.05, 4.69) is 15.9 Å². The summed E-state index contributed by atoms with van der Waals surface area (Å²) in [5.41, 5.74) is 0. The zero-order chi connectivity index (χ0) is 11.3. The summed E-state index contributed by atoms with van der Waals surface area (Å²) in [4.78, 5) is 0. The molecule has 1 aromatic carbocycles. The summed E-state index contributed by atoms with van der Waals surface area (Å²) in [5.74, 6) is -2.22. The Morgan fingerprint density at radius 3 is 2.13 bits per heavy atom. The molecule has 0 fully saturated rings. The van der Waals surface area contributed by atoms with Crippen molar-refractivity contribution < 1.29 is 18.3 Å². The molecule has 0 aliphatic carbocycles. The Kier molecular flexibility index (Phi) is 4.81. The quantitative estimate of drug-likeness (QED) is 0.772. The maximum absolute atomic E-state index is 13.3. The number of halogens is 3. The van der Waals surface area contributed by atoms with E-state index in [0.717, 1.165) is 0 Å². The molecular formula is C10H11BrF2O2. The van der Waals surface area contributed by atoms with Gasteiger partial charge in [0.15, 0.2) is 11.5 Å². The third-order valence-corrected chi connectivity index (χ3v) is 1.97. The Hall–Kier alpha value is -0.840. The zero-order valence-corrected chi connectivity index (χ0v) is 9.81. The van der Waals surface area contributed by atoms with Crippen molar-refractivity contribution in [2.45, 2.75) is 6.92 Å². The molecule has 0 spiro atoms. The lowest BCUT2D eigenvalue weighted by Crippen LogP contribution is -2.03. The Bertz CT molecular complexity index is 331. The zero-order valence-electron chi connectivity index (χ0n) is 8.23. The highest BCUT2D eigenvalue weighted by Gasteiger charge is 2.14. The van der Waals surface area contributed by atoms with Gasteiger partial charge < -0.3 is 9.47 Å². The van der Waals surface area contributed by atoms with Crippen LogP contribution in [-0.2, 0) is 0 Å². The van der Waals surface area contributed by atoms with Gasteiger partial charge in [0.05, 0.1) is 13.2 Å². The van der Waals surface area contributed by atoms with Gasteiger partial charge in [0.1, 0.15) is 0 Å². The fourth-order valence-corrected chi connectivity index (χ4v) is 1.20. The van der Waals surface area contributed by atoms with E-state index in [-0.39, 0.29) is 24.7 Å². The van der Waals surface area contributed by atoms with Crippen molar-refractivity contribution in [2.75, 3.05) is 18.5 Å². The fourth-order valence-electron chi connectivity index (χ4n) is 1.04. The van der Waals surface area contributed by atoms with Gasteiger partial charge >= 0.3 is 0 Å². The molecule has 0 N–H and O–H groups in total. The molecule has 0 aromatic heterocycles. The van der Waals surface area contributed by atoms with E-state index in [4.69, 9.17) is 9.47 Å². The molecule has 0 heterocycles. The van der Waals surface area contributed by atoms with Crippen molar-refractivity contribution in [3.63, 3.8) is 0 Å². The SMILES string of the molecule is CCOc1ccc(OCCBr)c(F)c1F. The topological polar surface area (TPSA) is 18.5 Å². The van der Waals surface area contributed by atoms with Crippen molar-refractivity contribution in [3.05, 3.63) is 23.8 Å². The summed E-state index contributed by atoms with van der Waals surface area (Å²) in [5, 5.41) is 0.557. The van der Waals surface area contributed by atoms with Gasteiger partial charge in [-0.15, -0.1) is 0 Å². The Morgan fingerprint density at radius 2 is 1.67 bits per heavy atom. The number of alkyl halides is 1. The van der Waals surface area contributed by atoms with Crippen molar-refractivity contribution in [3.8, 4) is 11.5 Å². The summed E-state index contributed by atoms with van der Waals surface area (Å²) in [7, 11) is 0. The first-order chi connectivity index (χ1) is 7.20. The lowest BCUT2D eigenvalue weighted by atomic mass is 10.3. The predicted octanol–water partition coefficient (Wildman–Crippen LogP) is 3.14. The molecular weight excluding hydrogens is 270 g/mol. The largest absolute Gasteiger partial charge is 0.491 e. The standard InChI is InChI=1S/C10H11BrF2O2/c1-2-14-7-3-4-8(15-6-5-11)10(13)9(7)12/h3-4H,2,5-6H2,1H3. The van der Waals surface area contributed by atoms with Crippen LogP contribution in [-0.4, -0.2) is 18.5 Å². The summed E-state index contributed by atoms with van der Waals surface area (Å²) in [6.07, 6.45) is 0. The minimum atomic E-state index is -1.01. The van der Waals surface area contributed by atoms with Crippen LogP contribution in [0.15, 0.2) is 12.1 Å². The van der Waals surface area contributed by atoms with Crippen LogP contribution in [0.4, 0.5) is 8.78 Å². The van der Waals surface area contributed by atoms with E-state index >= 15 is 0 Å². The average Bonchev–Trinajstić information content (AvgIpc) is 2.24. The van der Waals surface area contributed by atoms with Gasteiger partial charge in [0, 0.05) is 5.33 Å². The van der Waals surface area contributed by atoms with Crippen molar-refractivity contribution in [1.29, 1.82) is 0 Å². The number of benzene rings is 1. The highest BCUT2D eigenvalue weighted by atomic mass is 79.9. The monoisotopic (exact) mass is 280 g/mol. The lowest BCUT2D eigenvalue weighted by molar-refractivity contribution is 0.294. The minimum Gasteiger partial charge on any atom is -0.491 e. The van der Waals surface area contributed by atoms with E-state index in [0.29, 0.717) is 5.33 Å². The second-order valence-electron chi connectivity index (χ2n) is 2.66. The van der Waals surface area contributed by atoms with E-state index < -0.39 is 11.6 Å². The number of rotatable bonds is 5. The molecule has 2 nitrogen and oxygen atoms in total. The van der Waals surface area contributed by atoms with Gasteiger partial charge in [-0.2, -0.15) is 8.78 Å². The highest BCUT2D eigenvalue weighted by molar-refractivity contribution is 9.09. The van der Waals surface area contributed by atoms with Crippen LogP contribution in [0.25, 0.3) is 0 Å². The van der Waals surface area contributed by atoms with Crippen LogP contribution in [0.3, 0.4) is 0 Å². The second-order valence-corrected chi connectivity index (χ2v) is 3.45. The molecule has 0 bridgehead atoms. The van der Waals surface area contributed by atoms with E-state index in [9.17, 15) is 8.78 Å². The van der Waals surface area contributed by atoms with Gasteiger partial charge in [-0.25, -0.2) is 0 Å². The van der Waals surface area contributed by atoms with Crippen LogP contribution < -0.4 is 9.47 Å². The molecule has 0 atom stereocenters. The van der Waals surface area contributed by atoms with Gasteiger partial charge in [0.2, 0.25) is 11.6 Å². The molecule has 5 heteroatoms. The van der Waals surface area contributed by atoms with Gasteiger partial charge in [-0.3, -0.25) is 0 Å². The molecule has 0 saturated heterocycles. The van der Waals surface area contributed by atoms with E-state index in [1.807, 2.05) is 0 Å². The van der Waals surface area contributed by atoms with E-state index in [1.54, 1.807) is 6.92 Å². The maximum atomic E-state index is 13.3. The Labute approximate surface area is 95.3 Å². The van der Waals surface area contributed by atoms with Crippen LogP contribution in [0.2, 0.25) is 0 Å². The smallest absolute Gasteiger partial charge is 0.204 e. The minimum absolute atomic E-state index is 0.0961. The number of hydrogen-bond acceptors (Lipinski definition) is 2. The summed E-state index contributed by atoms with van der Waals surface area (Å²) in [6.45, 7) is 2.27. The fraction of sp³-hybridized carbons (Fsp3) is 0.400. The van der Waals surface area contributed by atoms with Gasteiger partial charge in [0.25, 0.3) is 0 Å². The van der Waals surface area contributed by atoms with Gasteiger partial charge in [-0.05, 0) is 19.1 Å². The molecule has 0 aliphatic heterocycles. The summed E-state index contributed by atoms with van der Waals surface area (Å²) < 4.78 is 36.5. The summed E-state index contributed by atoms with van der Waals surface area (Å²) >= 11 is 3.12. The lowest BCUT2D eigenvalue weighted by Gasteiger charge is -2.09. The molecule has 1 rings (SSSR count). The van der Waals surface area contributed by atoms with Crippen molar-refractivity contribution in [2.24, 2.45) is 0 Å². The predicted molar refractivity (Wildman–Crippen MR) is 56.8 cm³/mol. The molecule has 1 aromatic rings. The molecule has 0 aliphatic rings. The maximum Gasteiger partial charge on any atom is 0.204 e. The van der Waals surface area contributed by atoms with Crippen LogP contribution in [0, 0.1) is 11.6 Å². The first-order valence-electron chi connectivity index (χ1n) is 4.50. The third-order valence-electron chi connectivity index (χ3n) is 1.65. The van der Waals surface area contributed by atoms with Crippen LogP contribution in [0.1, 0.15) is 6.92 Å². The molecule has 15 heavy (non-hydrogen) atoms. The number of hydrogen-bond donors (Lipinski definition) is 0. The van der Waals surface area contributed by atoms with Crippen molar-refractivity contribution >= 4 is 15.9 Å². The van der Waals surface area contributed by atoms with Crippen LogP contribution in [0.5, 0.6) is 11.5 Å². The van der Waals surface area contributed by atoms with Crippen molar-refractivity contribution in [1.82, 2.24) is 0 Å². The first kappa shape index (κ1) is 12.2. The summed E-state index contributed by atoms with van der Waals surface area (Å²) in [6, 6.07) is 2.71. The number of ether oxygens (including phenoxy) is 2. The average molecular weight is 281 g/mol. The third kappa shape index (κ3) is 3.06. The molecule has 0 radical (unpaired) electrons. The molecule has 0 saturated carbocycles. The Balaban J connectivity index is 2.88. The van der Waals surface area contributed by atoms with E-state index in [1.165, 1.54) is 12.1 Å². The molecule has 0 amide bonds. The molecule has 84 valence electrons. The van der Waals surface area contributed by atoms with Crippen LogP contribution >= 0.6 is 15.9 Å².